The maximum Gasteiger partial charge on any atom is 0.145 e. The molecule has 1 N–H and O–H groups in total. The molecule has 0 bridgehead atoms. The van der Waals surface area contributed by atoms with Gasteiger partial charge in [-0.1, -0.05) is 0 Å². The third kappa shape index (κ3) is 1.83. The molecule has 1 aromatic heterocycles. The minimum Gasteiger partial charge on any atom is -0.350 e. The lowest BCUT2D eigenvalue weighted by atomic mass is 10.1. The molecule has 2 rings (SSSR count). The van der Waals surface area contributed by atoms with Crippen LogP contribution in [0.5, 0.6) is 0 Å². The van der Waals surface area contributed by atoms with E-state index >= 15 is 0 Å². The van der Waals surface area contributed by atoms with Crippen LogP contribution < -0.4 is 10.2 Å². The predicted octanol–water partition coefficient (Wildman–Crippen LogP) is 0.879. The minimum absolute atomic E-state index is 0.600. The quantitative estimate of drug-likeness (QED) is 0.842. The first-order valence-electron chi connectivity index (χ1n) is 4.75. The smallest absolute Gasteiger partial charge is 0.145 e. The second-order valence-electron chi connectivity index (χ2n) is 3.29. The van der Waals surface area contributed by atoms with Crippen LogP contribution in [-0.4, -0.2) is 35.6 Å². The van der Waals surface area contributed by atoms with Gasteiger partial charge in [-0.25, -0.2) is 9.97 Å². The number of halogens is 1. The summed E-state index contributed by atoms with van der Waals surface area (Å²) in [5.74, 6) is 1.06. The van der Waals surface area contributed by atoms with Crippen molar-refractivity contribution in [3.05, 3.63) is 16.1 Å². The fourth-order valence-electron chi connectivity index (χ4n) is 1.59. The number of nitrogens with one attached hydrogen (secondary N) is 1. The Kier molecular flexibility index (Phi) is 3.17. The molecule has 5 heteroatoms. The molecule has 1 saturated heterocycles. The van der Waals surface area contributed by atoms with E-state index in [0.717, 1.165) is 29.0 Å². The van der Waals surface area contributed by atoms with Crippen molar-refractivity contribution in [2.24, 2.45) is 0 Å². The molecular formula is C9H13IN4. The summed E-state index contributed by atoms with van der Waals surface area (Å²) in [6.45, 7) is 5.29. The van der Waals surface area contributed by atoms with Crippen LogP contribution in [0.1, 0.15) is 6.92 Å². The maximum atomic E-state index is 4.33. The van der Waals surface area contributed by atoms with E-state index in [4.69, 9.17) is 0 Å². The van der Waals surface area contributed by atoms with Crippen LogP contribution in [-0.2, 0) is 0 Å². The van der Waals surface area contributed by atoms with Crippen LogP contribution in [0, 0.1) is 3.57 Å². The second-order valence-corrected chi connectivity index (χ2v) is 4.45. The summed E-state index contributed by atoms with van der Waals surface area (Å²) in [5.41, 5.74) is 0. The summed E-state index contributed by atoms with van der Waals surface area (Å²) in [6, 6.07) is 0.600. The Bertz CT molecular complexity index is 313. The molecule has 0 amide bonds. The van der Waals surface area contributed by atoms with Gasteiger partial charge in [0, 0.05) is 25.8 Å². The van der Waals surface area contributed by atoms with Crippen molar-refractivity contribution in [1.29, 1.82) is 0 Å². The van der Waals surface area contributed by atoms with Gasteiger partial charge >= 0.3 is 0 Å². The van der Waals surface area contributed by atoms with Crippen molar-refractivity contribution in [3.63, 3.8) is 0 Å². The summed E-state index contributed by atoms with van der Waals surface area (Å²) >= 11 is 2.29. The number of anilines is 1. The van der Waals surface area contributed by atoms with Crippen LogP contribution >= 0.6 is 22.6 Å². The SMILES string of the molecule is CCN(c1ncncc1I)C1CNC1. The molecular weight excluding hydrogens is 291 g/mol. The van der Waals surface area contributed by atoms with E-state index < -0.39 is 0 Å². The van der Waals surface area contributed by atoms with E-state index in [9.17, 15) is 0 Å². The molecule has 1 aliphatic rings. The summed E-state index contributed by atoms with van der Waals surface area (Å²) in [5, 5.41) is 3.28. The maximum absolute atomic E-state index is 4.33. The van der Waals surface area contributed by atoms with Gasteiger partial charge < -0.3 is 10.2 Å². The van der Waals surface area contributed by atoms with Gasteiger partial charge in [0.1, 0.15) is 12.1 Å². The van der Waals surface area contributed by atoms with Gasteiger partial charge in [0.2, 0.25) is 0 Å². The molecule has 1 aliphatic heterocycles. The molecule has 14 heavy (non-hydrogen) atoms. The molecule has 1 fully saturated rings. The highest BCUT2D eigenvalue weighted by atomic mass is 127. The molecule has 2 heterocycles. The number of rotatable bonds is 3. The topological polar surface area (TPSA) is 41.1 Å². The number of likely N-dealkylation sites (N-methyl/N-ethyl adjacent to an activating group) is 1. The Morgan fingerprint density at radius 2 is 2.43 bits per heavy atom. The van der Waals surface area contributed by atoms with Crippen LogP contribution in [0.15, 0.2) is 12.5 Å². The summed E-state index contributed by atoms with van der Waals surface area (Å²) < 4.78 is 1.12. The van der Waals surface area contributed by atoms with Gasteiger partial charge in [0.25, 0.3) is 0 Å². The Balaban J connectivity index is 2.22. The largest absolute Gasteiger partial charge is 0.350 e. The fourth-order valence-corrected chi connectivity index (χ4v) is 2.20. The third-order valence-electron chi connectivity index (χ3n) is 2.46. The van der Waals surface area contributed by atoms with Crippen LogP contribution in [0.3, 0.4) is 0 Å². The van der Waals surface area contributed by atoms with Crippen molar-refractivity contribution in [1.82, 2.24) is 15.3 Å². The Labute approximate surface area is 97.3 Å². The van der Waals surface area contributed by atoms with Crippen molar-refractivity contribution in [3.8, 4) is 0 Å². The van der Waals surface area contributed by atoms with Gasteiger partial charge in [0.05, 0.1) is 9.61 Å². The molecule has 0 aromatic carbocycles. The molecule has 0 aliphatic carbocycles. The highest BCUT2D eigenvalue weighted by Gasteiger charge is 2.25. The summed E-state index contributed by atoms with van der Waals surface area (Å²) in [7, 11) is 0. The number of hydrogen-bond acceptors (Lipinski definition) is 4. The van der Waals surface area contributed by atoms with Gasteiger partial charge in [-0.2, -0.15) is 0 Å². The zero-order chi connectivity index (χ0) is 9.97. The van der Waals surface area contributed by atoms with E-state index in [1.54, 1.807) is 6.33 Å². The third-order valence-corrected chi connectivity index (χ3v) is 3.22. The predicted molar refractivity (Wildman–Crippen MR) is 64.4 cm³/mol. The monoisotopic (exact) mass is 304 g/mol. The first kappa shape index (κ1) is 10.1. The van der Waals surface area contributed by atoms with E-state index in [1.165, 1.54) is 0 Å². The van der Waals surface area contributed by atoms with E-state index in [-0.39, 0.29) is 0 Å². The van der Waals surface area contributed by atoms with Crippen molar-refractivity contribution >= 4 is 28.4 Å². The fraction of sp³-hybridized carbons (Fsp3) is 0.556. The zero-order valence-corrected chi connectivity index (χ0v) is 10.2. The molecule has 0 spiro atoms. The average Bonchev–Trinajstić information content (AvgIpc) is 2.12. The van der Waals surface area contributed by atoms with E-state index in [0.29, 0.717) is 6.04 Å². The number of hydrogen-bond donors (Lipinski definition) is 1. The number of nitrogens with zero attached hydrogens (tertiary/aromatic N) is 3. The van der Waals surface area contributed by atoms with Gasteiger partial charge in [0.15, 0.2) is 0 Å². The average molecular weight is 304 g/mol. The lowest BCUT2D eigenvalue weighted by molar-refractivity contribution is 0.415. The molecule has 0 saturated carbocycles. The second kappa shape index (κ2) is 4.39. The van der Waals surface area contributed by atoms with E-state index in [2.05, 4.69) is 49.7 Å². The Hall–Kier alpha value is -0.430. The van der Waals surface area contributed by atoms with Crippen LogP contribution in [0.2, 0.25) is 0 Å². The Morgan fingerprint density at radius 1 is 1.64 bits per heavy atom. The lowest BCUT2D eigenvalue weighted by Crippen LogP contribution is -2.57. The van der Waals surface area contributed by atoms with Gasteiger partial charge in [-0.3, -0.25) is 0 Å². The highest BCUT2D eigenvalue weighted by molar-refractivity contribution is 14.1. The summed E-state index contributed by atoms with van der Waals surface area (Å²) in [6.07, 6.45) is 3.48. The zero-order valence-electron chi connectivity index (χ0n) is 8.07. The van der Waals surface area contributed by atoms with Crippen LogP contribution in [0.25, 0.3) is 0 Å². The standard InChI is InChI=1S/C9H13IN4/c1-2-14(7-3-11-4-7)9-8(10)5-12-6-13-9/h5-7,11H,2-4H2,1H3. The summed E-state index contributed by atoms with van der Waals surface area (Å²) in [4.78, 5) is 10.7. The van der Waals surface area contributed by atoms with Crippen molar-refractivity contribution in [2.45, 2.75) is 13.0 Å². The molecule has 76 valence electrons. The van der Waals surface area contributed by atoms with E-state index in [1.807, 2.05) is 6.20 Å². The minimum atomic E-state index is 0.600. The van der Waals surface area contributed by atoms with Crippen molar-refractivity contribution < 1.29 is 0 Å². The first-order chi connectivity index (χ1) is 6.83. The van der Waals surface area contributed by atoms with Gasteiger partial charge in [-0.15, -0.1) is 0 Å². The molecule has 0 radical (unpaired) electrons. The van der Waals surface area contributed by atoms with Crippen molar-refractivity contribution in [2.75, 3.05) is 24.5 Å². The molecule has 4 nitrogen and oxygen atoms in total. The molecule has 0 unspecified atom stereocenters. The molecule has 1 aromatic rings. The lowest BCUT2D eigenvalue weighted by Gasteiger charge is -2.38. The first-order valence-corrected chi connectivity index (χ1v) is 5.83. The Morgan fingerprint density at radius 3 is 2.93 bits per heavy atom. The normalized spacial score (nSPS) is 16.4. The van der Waals surface area contributed by atoms with Gasteiger partial charge in [-0.05, 0) is 29.5 Å². The number of aromatic nitrogens is 2. The molecule has 0 atom stereocenters. The van der Waals surface area contributed by atoms with Crippen LogP contribution in [0.4, 0.5) is 5.82 Å². The highest BCUT2D eigenvalue weighted by Crippen LogP contribution is 2.21.